The van der Waals surface area contributed by atoms with Crippen LogP contribution in [0.3, 0.4) is 0 Å². The van der Waals surface area contributed by atoms with Crippen LogP contribution in [0.2, 0.25) is 0 Å². The van der Waals surface area contributed by atoms with Gasteiger partial charge in [-0.05, 0) is 109 Å². The Morgan fingerprint density at radius 3 is 2.74 bits per heavy atom. The van der Waals surface area contributed by atoms with Crippen LogP contribution in [0.1, 0.15) is 91.4 Å². The third-order valence-corrected chi connectivity index (χ3v) is 18.7. The molecule has 1 spiro atoms. The third kappa shape index (κ3) is 7.67. The first-order chi connectivity index (χ1) is 27.4. The maximum Gasteiger partial charge on any atom is 0.334 e. The van der Waals surface area contributed by atoms with Crippen LogP contribution in [-0.4, -0.2) is 119 Å². The average molecular weight is 831 g/mol. The molecule has 3 aliphatic carbocycles. The van der Waals surface area contributed by atoms with Gasteiger partial charge in [0.15, 0.2) is 0 Å². The number of aliphatic hydroxyl groups is 2. The summed E-state index contributed by atoms with van der Waals surface area (Å²) in [4.78, 5) is 43.9. The standard InChI is InChI=1S/C43H66N4O8S2/c1-5-23(2)40(51)55-42(3)10-8-25-22-56-57-35-7-6-32(45-4)31-20-47(39(31)35)37(50)15-29-19-46-36(44)16-30(29)38(25)43(42)18-28-14-26-13-27(12-24(21-49)9-11-48)41(52)53-33(26)17-34(28)54-43/h5,8,24,26-36,38-39,45-46,48-49H,6-7,9-22,44H2,1-4H3/t24-,26?,27?,28?,29?,30?,31+,32+,33?,34?,35+,36?,38+,39+,42+,43+/m1/s1. The van der Waals surface area contributed by atoms with E-state index in [9.17, 15) is 24.6 Å². The Labute approximate surface area is 346 Å². The van der Waals surface area contributed by atoms with E-state index in [1.54, 1.807) is 13.0 Å². The first-order valence-electron chi connectivity index (χ1n) is 21.8. The van der Waals surface area contributed by atoms with Gasteiger partial charge >= 0.3 is 11.9 Å². The Bertz CT molecular complexity index is 1600. The number of nitrogens with two attached hydrogens (primary N) is 1. The number of amides is 1. The molecular weight excluding hydrogens is 765 g/mol. The van der Waals surface area contributed by atoms with Crippen LogP contribution < -0.4 is 16.4 Å². The van der Waals surface area contributed by atoms with Crippen molar-refractivity contribution in [3.05, 3.63) is 23.3 Å². The molecule has 5 aliphatic heterocycles. The predicted octanol–water partition coefficient (Wildman–Crippen LogP) is 3.94. The number of rotatable bonds is 8. The van der Waals surface area contributed by atoms with Crippen molar-refractivity contribution in [2.75, 3.05) is 39.1 Å². The van der Waals surface area contributed by atoms with Crippen LogP contribution in [-0.2, 0) is 28.6 Å². The van der Waals surface area contributed by atoms with Gasteiger partial charge < -0.3 is 45.7 Å². The molecule has 57 heavy (non-hydrogen) atoms. The van der Waals surface area contributed by atoms with Gasteiger partial charge in [0.05, 0.1) is 24.2 Å². The minimum Gasteiger partial charge on any atom is -0.462 e. The monoisotopic (exact) mass is 830 g/mol. The van der Waals surface area contributed by atoms with E-state index in [1.807, 2.05) is 28.5 Å². The minimum absolute atomic E-state index is 0.0125. The van der Waals surface area contributed by atoms with Crippen molar-refractivity contribution in [3.8, 4) is 0 Å². The van der Waals surface area contributed by atoms with Crippen LogP contribution in [0.15, 0.2) is 23.3 Å². The number of allylic oxidation sites excluding steroid dienone is 1. The van der Waals surface area contributed by atoms with Crippen LogP contribution in [0.5, 0.6) is 0 Å². The molecular formula is C43H66N4O8S2. The first-order valence-corrected chi connectivity index (χ1v) is 24.2. The fourth-order valence-corrected chi connectivity index (χ4v) is 15.8. The molecule has 16 atom stereocenters. The van der Waals surface area contributed by atoms with E-state index in [-0.39, 0.29) is 96.9 Å². The van der Waals surface area contributed by atoms with Gasteiger partial charge in [0.1, 0.15) is 17.3 Å². The summed E-state index contributed by atoms with van der Waals surface area (Å²) in [6.07, 6.45) is 11.0. The van der Waals surface area contributed by atoms with Gasteiger partial charge in [0, 0.05) is 80.0 Å². The molecule has 5 heterocycles. The molecule has 0 aromatic carbocycles. The number of aliphatic hydroxyl groups excluding tert-OH is 2. The number of fused-ring (bicyclic) bond motifs is 6. The summed E-state index contributed by atoms with van der Waals surface area (Å²) in [6, 6.07) is 0.693. The lowest BCUT2D eigenvalue weighted by Crippen LogP contribution is -2.70. The number of ether oxygens (including phenoxy) is 3. The lowest BCUT2D eigenvalue weighted by Gasteiger charge is -2.59. The molecule has 5 saturated heterocycles. The Kier molecular flexibility index (Phi) is 12.6. The van der Waals surface area contributed by atoms with Crippen molar-refractivity contribution in [3.63, 3.8) is 0 Å². The number of nitrogens with one attached hydrogen (secondary N) is 2. The number of hydrogen-bond donors (Lipinski definition) is 5. The fourth-order valence-electron chi connectivity index (χ4n) is 12.7. The SMILES string of the molecule is CC=C(C)C(=O)O[C@@]1(C)CC=C2CSS[C@H]3CC[C@H](NC)[C@@H]4CN(C(=O)CC5CNC(N)CC5[C@H]2[C@@]12CC1CC5CC(C[C@H](CO)CCO)C(=O)OC5CC1O2)[C@@H]43. The smallest absolute Gasteiger partial charge is 0.334 e. The van der Waals surface area contributed by atoms with Gasteiger partial charge in [-0.15, -0.1) is 0 Å². The van der Waals surface area contributed by atoms with Gasteiger partial charge in [-0.1, -0.05) is 39.3 Å². The molecule has 0 aromatic rings. The van der Waals surface area contributed by atoms with E-state index < -0.39 is 11.2 Å². The molecule has 0 radical (unpaired) electrons. The lowest BCUT2D eigenvalue weighted by molar-refractivity contribution is -0.229. The van der Waals surface area contributed by atoms with Crippen molar-refractivity contribution in [1.82, 2.24) is 15.5 Å². The molecule has 12 nitrogen and oxygen atoms in total. The molecule has 8 aliphatic rings. The van der Waals surface area contributed by atoms with Crippen LogP contribution in [0, 0.1) is 47.3 Å². The number of esters is 2. The quantitative estimate of drug-likeness (QED) is 0.103. The molecule has 0 bridgehead atoms. The molecule has 8 rings (SSSR count). The second kappa shape index (κ2) is 17.0. The zero-order chi connectivity index (χ0) is 40.2. The molecule has 0 aromatic heterocycles. The summed E-state index contributed by atoms with van der Waals surface area (Å²) in [6.45, 7) is 7.07. The number of hydrogen-bond acceptors (Lipinski definition) is 13. The largest absolute Gasteiger partial charge is 0.462 e. The zero-order valence-corrected chi connectivity index (χ0v) is 35.9. The van der Waals surface area contributed by atoms with Gasteiger partial charge in [-0.2, -0.15) is 0 Å². The van der Waals surface area contributed by atoms with Crippen molar-refractivity contribution in [1.29, 1.82) is 0 Å². The van der Waals surface area contributed by atoms with Crippen molar-refractivity contribution in [2.45, 2.75) is 138 Å². The van der Waals surface area contributed by atoms with Gasteiger partial charge in [0.2, 0.25) is 5.91 Å². The third-order valence-electron chi connectivity index (χ3n) is 15.9. The van der Waals surface area contributed by atoms with Crippen LogP contribution in [0.25, 0.3) is 0 Å². The molecule has 1 amide bonds. The summed E-state index contributed by atoms with van der Waals surface area (Å²) in [5, 5.41) is 27.0. The van der Waals surface area contributed by atoms with E-state index >= 15 is 0 Å². The van der Waals surface area contributed by atoms with Crippen LogP contribution in [0.4, 0.5) is 0 Å². The zero-order valence-electron chi connectivity index (χ0n) is 34.2. The summed E-state index contributed by atoms with van der Waals surface area (Å²) in [7, 11) is 5.91. The van der Waals surface area contributed by atoms with E-state index in [0.29, 0.717) is 80.7 Å². The number of carbonyl (C=O) groups is 3. The molecule has 8 unspecified atom stereocenters. The number of nitrogens with zero attached hydrogens (tertiary/aromatic N) is 1. The average Bonchev–Trinajstić information content (AvgIpc) is 3.55. The summed E-state index contributed by atoms with van der Waals surface area (Å²) >= 11 is 0. The summed E-state index contributed by atoms with van der Waals surface area (Å²) < 4.78 is 20.6. The molecule has 14 heteroatoms. The van der Waals surface area contributed by atoms with Gasteiger partial charge in [-0.3, -0.25) is 9.59 Å². The molecule has 2 saturated carbocycles. The molecule has 7 fully saturated rings. The molecule has 318 valence electrons. The second-order valence-electron chi connectivity index (χ2n) is 18.9. The van der Waals surface area contributed by atoms with Gasteiger partial charge in [-0.25, -0.2) is 4.79 Å². The minimum atomic E-state index is -0.997. The van der Waals surface area contributed by atoms with Crippen molar-refractivity contribution < 1.29 is 38.8 Å². The van der Waals surface area contributed by atoms with E-state index in [2.05, 4.69) is 35.6 Å². The summed E-state index contributed by atoms with van der Waals surface area (Å²) in [5.41, 5.74) is 6.78. The van der Waals surface area contributed by atoms with Crippen molar-refractivity contribution >= 4 is 39.4 Å². The topological polar surface area (TPSA) is 173 Å². The van der Waals surface area contributed by atoms with Crippen molar-refractivity contribution in [2.24, 2.45) is 53.1 Å². The predicted molar refractivity (Wildman–Crippen MR) is 221 cm³/mol. The lowest BCUT2D eigenvalue weighted by atomic mass is 9.56. The Hall–Kier alpha value is -1.65. The highest BCUT2D eigenvalue weighted by Crippen LogP contribution is 2.62. The normalized spacial score (nSPS) is 45.0. The maximum absolute atomic E-state index is 14.5. The summed E-state index contributed by atoms with van der Waals surface area (Å²) in [5.74, 6) is 0.721. The molecule has 6 N–H and O–H groups in total. The first kappa shape index (κ1) is 42.1. The van der Waals surface area contributed by atoms with E-state index in [4.69, 9.17) is 19.9 Å². The highest BCUT2D eigenvalue weighted by atomic mass is 33.1. The highest BCUT2D eigenvalue weighted by Gasteiger charge is 2.68. The van der Waals surface area contributed by atoms with E-state index in [1.165, 1.54) is 5.57 Å². The number of piperidine rings is 1. The fraction of sp³-hybridized carbons (Fsp3) is 0.837. The van der Waals surface area contributed by atoms with E-state index in [0.717, 1.165) is 31.6 Å². The Morgan fingerprint density at radius 2 is 1.98 bits per heavy atom. The van der Waals surface area contributed by atoms with Gasteiger partial charge in [0.25, 0.3) is 0 Å². The second-order valence-corrected chi connectivity index (χ2v) is 21.6. The van der Waals surface area contributed by atoms with Crippen LogP contribution >= 0.6 is 21.6 Å². The maximum atomic E-state index is 14.5. The number of carbonyl (C=O) groups excluding carboxylic acids is 3. The Morgan fingerprint density at radius 1 is 1.16 bits per heavy atom. The highest BCUT2D eigenvalue weighted by molar-refractivity contribution is 8.77. The Balaban J connectivity index is 1.15.